The zero-order valence-electron chi connectivity index (χ0n) is 10.7. The Morgan fingerprint density at radius 3 is 2.78 bits per heavy atom. The number of amides is 1. The lowest BCUT2D eigenvalue weighted by Gasteiger charge is -2.46. The van der Waals surface area contributed by atoms with E-state index in [1.54, 1.807) is 4.90 Å². The molecule has 4 heteroatoms. The van der Waals surface area contributed by atoms with Crippen LogP contribution < -0.4 is 0 Å². The first-order valence-corrected chi connectivity index (χ1v) is 7.03. The zero-order valence-corrected chi connectivity index (χ0v) is 12.3. The summed E-state index contributed by atoms with van der Waals surface area (Å²) in [5.74, 6) is 0.00887. The Balaban J connectivity index is 2.08. The van der Waals surface area contributed by atoms with E-state index in [0.717, 1.165) is 22.9 Å². The number of benzene rings is 1. The Bertz CT molecular complexity index is 467. The summed E-state index contributed by atoms with van der Waals surface area (Å²) >= 11 is 3.43. The van der Waals surface area contributed by atoms with E-state index < -0.39 is 5.60 Å². The summed E-state index contributed by atoms with van der Waals surface area (Å²) in [4.78, 5) is 14.0. The van der Waals surface area contributed by atoms with Crippen molar-refractivity contribution in [3.8, 4) is 0 Å². The molecule has 0 bridgehead atoms. The first-order chi connectivity index (χ1) is 8.47. The molecule has 3 nitrogen and oxygen atoms in total. The molecule has 1 aliphatic rings. The van der Waals surface area contributed by atoms with Gasteiger partial charge in [-0.25, -0.2) is 0 Å². The van der Waals surface area contributed by atoms with Gasteiger partial charge in [0.05, 0.1) is 18.7 Å². The van der Waals surface area contributed by atoms with Gasteiger partial charge in [-0.2, -0.15) is 0 Å². The summed E-state index contributed by atoms with van der Waals surface area (Å²) < 4.78 is 0.942. The number of hydrogen-bond acceptors (Lipinski definition) is 2. The van der Waals surface area contributed by atoms with Crippen LogP contribution in [0.1, 0.15) is 35.7 Å². The van der Waals surface area contributed by atoms with Crippen molar-refractivity contribution in [3.05, 3.63) is 33.8 Å². The summed E-state index contributed by atoms with van der Waals surface area (Å²) in [5, 5.41) is 10.1. The first-order valence-electron chi connectivity index (χ1n) is 6.23. The number of carbonyl (C=O) groups excluding carboxylic acids is 1. The molecule has 1 aromatic carbocycles. The Kier molecular flexibility index (Phi) is 3.78. The lowest BCUT2D eigenvalue weighted by Crippen LogP contribution is -2.63. The van der Waals surface area contributed by atoms with E-state index in [1.807, 2.05) is 32.0 Å². The molecule has 18 heavy (non-hydrogen) atoms. The van der Waals surface area contributed by atoms with Gasteiger partial charge in [-0.3, -0.25) is 4.79 Å². The van der Waals surface area contributed by atoms with Gasteiger partial charge in [0.1, 0.15) is 0 Å². The molecule has 1 fully saturated rings. The molecular formula is C14H18BrNO2. The molecule has 0 atom stereocenters. The number of aliphatic hydroxyl groups is 1. The second-order valence-corrected chi connectivity index (χ2v) is 5.90. The molecular weight excluding hydrogens is 294 g/mol. The van der Waals surface area contributed by atoms with E-state index in [0.29, 0.717) is 18.7 Å². The maximum atomic E-state index is 12.3. The normalized spacial score (nSPS) is 17.4. The van der Waals surface area contributed by atoms with Gasteiger partial charge in [0.25, 0.3) is 5.91 Å². The van der Waals surface area contributed by atoms with Crippen LogP contribution in [-0.4, -0.2) is 34.6 Å². The van der Waals surface area contributed by atoms with Crippen molar-refractivity contribution in [3.63, 3.8) is 0 Å². The molecule has 1 N–H and O–H groups in total. The predicted molar refractivity (Wildman–Crippen MR) is 74.6 cm³/mol. The average molecular weight is 312 g/mol. The molecule has 1 amide bonds. The molecule has 1 saturated heterocycles. The lowest BCUT2D eigenvalue weighted by atomic mass is 9.88. The molecule has 0 spiro atoms. The van der Waals surface area contributed by atoms with Crippen LogP contribution in [0.15, 0.2) is 22.7 Å². The number of likely N-dealkylation sites (tertiary alicyclic amines) is 1. The van der Waals surface area contributed by atoms with E-state index in [9.17, 15) is 9.90 Å². The summed E-state index contributed by atoms with van der Waals surface area (Å²) in [6.45, 7) is 4.87. The van der Waals surface area contributed by atoms with Crippen molar-refractivity contribution in [1.29, 1.82) is 0 Å². The Morgan fingerprint density at radius 2 is 2.17 bits per heavy atom. The van der Waals surface area contributed by atoms with Gasteiger partial charge in [0.2, 0.25) is 0 Å². The van der Waals surface area contributed by atoms with Crippen molar-refractivity contribution < 1.29 is 9.90 Å². The van der Waals surface area contributed by atoms with Crippen LogP contribution in [0.3, 0.4) is 0 Å². The second-order valence-electron chi connectivity index (χ2n) is 5.05. The zero-order chi connectivity index (χ0) is 13.3. The number of halogens is 1. The molecule has 0 aromatic heterocycles. The van der Waals surface area contributed by atoms with Crippen molar-refractivity contribution in [2.45, 2.75) is 32.3 Å². The number of hydrogen-bond donors (Lipinski definition) is 1. The Hall–Kier alpha value is -0.870. The molecule has 0 saturated carbocycles. The summed E-state index contributed by atoms with van der Waals surface area (Å²) in [7, 11) is 0. The number of β-amino-alcohol motifs (C(OH)–C–C–N with tert-alkyl or cyclic N) is 1. The summed E-state index contributed by atoms with van der Waals surface area (Å²) in [5.41, 5.74) is 1.00. The highest BCUT2D eigenvalue weighted by atomic mass is 79.9. The second kappa shape index (κ2) is 5.02. The molecule has 98 valence electrons. The maximum absolute atomic E-state index is 12.3. The molecule has 1 aliphatic heterocycles. The Morgan fingerprint density at radius 1 is 1.50 bits per heavy atom. The summed E-state index contributed by atoms with van der Waals surface area (Å²) in [6.07, 6.45) is 1.70. The third-order valence-corrected chi connectivity index (χ3v) is 4.33. The highest BCUT2D eigenvalue weighted by Gasteiger charge is 2.43. The van der Waals surface area contributed by atoms with Crippen molar-refractivity contribution in [2.75, 3.05) is 13.1 Å². The number of carbonyl (C=O) groups is 1. The van der Waals surface area contributed by atoms with Crippen molar-refractivity contribution >= 4 is 21.8 Å². The molecule has 2 rings (SSSR count). The third kappa shape index (κ3) is 2.45. The smallest absolute Gasteiger partial charge is 0.254 e. The molecule has 0 aliphatic carbocycles. The van der Waals surface area contributed by atoms with Crippen LogP contribution in [0, 0.1) is 6.92 Å². The minimum Gasteiger partial charge on any atom is -0.386 e. The van der Waals surface area contributed by atoms with Crippen LogP contribution >= 0.6 is 15.9 Å². The van der Waals surface area contributed by atoms with Crippen LogP contribution in [0.2, 0.25) is 0 Å². The van der Waals surface area contributed by atoms with Crippen LogP contribution in [-0.2, 0) is 0 Å². The van der Waals surface area contributed by atoms with E-state index in [4.69, 9.17) is 0 Å². The van der Waals surface area contributed by atoms with Gasteiger partial charge in [0, 0.05) is 10.0 Å². The fraction of sp³-hybridized carbons (Fsp3) is 0.500. The molecule has 0 radical (unpaired) electrons. The molecule has 1 heterocycles. The topological polar surface area (TPSA) is 40.5 Å². The molecule has 1 aromatic rings. The van der Waals surface area contributed by atoms with Gasteiger partial charge in [-0.1, -0.05) is 35.3 Å². The highest BCUT2D eigenvalue weighted by molar-refractivity contribution is 9.10. The third-order valence-electron chi connectivity index (χ3n) is 3.47. The minimum absolute atomic E-state index is 0.00887. The van der Waals surface area contributed by atoms with Crippen LogP contribution in [0.25, 0.3) is 0 Å². The van der Waals surface area contributed by atoms with E-state index in [-0.39, 0.29) is 5.91 Å². The number of rotatable bonds is 3. The average Bonchev–Trinajstić information content (AvgIpc) is 2.29. The van der Waals surface area contributed by atoms with Gasteiger partial charge in [0.15, 0.2) is 0 Å². The minimum atomic E-state index is -0.662. The predicted octanol–water partition coefficient (Wildman–Crippen LogP) is 2.74. The molecule has 0 unspecified atom stereocenters. The van der Waals surface area contributed by atoms with E-state index in [1.165, 1.54) is 0 Å². The standard InChI is InChI=1S/C14H18BrNO2/c1-3-7-14(18)8-16(9-14)13(17)11-5-4-6-12(15)10(11)2/h4-6,18H,3,7-9H2,1-2H3. The van der Waals surface area contributed by atoms with Gasteiger partial charge >= 0.3 is 0 Å². The van der Waals surface area contributed by atoms with Crippen molar-refractivity contribution in [1.82, 2.24) is 4.90 Å². The fourth-order valence-corrected chi connectivity index (χ4v) is 2.81. The lowest BCUT2D eigenvalue weighted by molar-refractivity contribution is -0.0860. The van der Waals surface area contributed by atoms with Crippen LogP contribution in [0.4, 0.5) is 0 Å². The largest absolute Gasteiger partial charge is 0.386 e. The van der Waals surface area contributed by atoms with E-state index in [2.05, 4.69) is 15.9 Å². The SMILES string of the molecule is CCCC1(O)CN(C(=O)c2cccc(Br)c2C)C1. The number of nitrogens with zero attached hydrogens (tertiary/aromatic N) is 1. The van der Waals surface area contributed by atoms with Crippen LogP contribution in [0.5, 0.6) is 0 Å². The quantitative estimate of drug-likeness (QED) is 0.932. The van der Waals surface area contributed by atoms with Gasteiger partial charge in [-0.15, -0.1) is 0 Å². The fourth-order valence-electron chi connectivity index (χ4n) is 2.44. The monoisotopic (exact) mass is 311 g/mol. The van der Waals surface area contributed by atoms with Gasteiger partial charge in [-0.05, 0) is 31.0 Å². The highest BCUT2D eigenvalue weighted by Crippen LogP contribution is 2.29. The van der Waals surface area contributed by atoms with Gasteiger partial charge < -0.3 is 10.0 Å². The Labute approximate surface area is 116 Å². The maximum Gasteiger partial charge on any atom is 0.254 e. The first kappa shape index (κ1) is 13.6. The summed E-state index contributed by atoms with van der Waals surface area (Å²) in [6, 6.07) is 5.62. The van der Waals surface area contributed by atoms with E-state index >= 15 is 0 Å². The van der Waals surface area contributed by atoms with Crippen molar-refractivity contribution in [2.24, 2.45) is 0 Å².